The van der Waals surface area contributed by atoms with Gasteiger partial charge in [-0.05, 0) is 95.9 Å². The summed E-state index contributed by atoms with van der Waals surface area (Å²) in [6, 6.07) is 16.3. The van der Waals surface area contributed by atoms with Crippen LogP contribution in [0.25, 0.3) is 17.2 Å². The second-order valence-corrected chi connectivity index (χ2v) is 22.2. The molecule has 23 heteroatoms. The first kappa shape index (κ1) is 133. The fourth-order valence-corrected chi connectivity index (χ4v) is 5.95. The largest absolute Gasteiger partial charge is 0.449 e. The number of nitrogens with zero attached hydrogens (tertiary/aromatic N) is 5. The highest BCUT2D eigenvalue weighted by atomic mass is 32.2. The third-order valence-electron chi connectivity index (χ3n) is 10.9. The molecule has 2 aromatic heterocycles. The maximum Gasteiger partial charge on any atom is 0.362 e. The molecule has 0 radical (unpaired) electrons. The Bertz CT molecular complexity index is 2610. The number of piperidine rings is 1. The number of pyridine rings is 2. The van der Waals surface area contributed by atoms with Gasteiger partial charge >= 0.3 is 37.4 Å². The summed E-state index contributed by atoms with van der Waals surface area (Å²) in [6.07, 6.45) is 12.8. The Morgan fingerprint density at radius 2 is 0.927 bits per heavy atom. The van der Waals surface area contributed by atoms with Crippen molar-refractivity contribution >= 4 is 53.6 Å². The number of aromatic nitrogens is 2. The summed E-state index contributed by atoms with van der Waals surface area (Å²) in [6.45, 7) is 40.0. The molecule has 0 saturated carbocycles. The van der Waals surface area contributed by atoms with Gasteiger partial charge in [0.1, 0.15) is 13.5 Å². The minimum Gasteiger partial charge on any atom is -0.449 e. The molecule has 0 amide bonds. The van der Waals surface area contributed by atoms with Crippen molar-refractivity contribution in [1.29, 1.82) is 0 Å². The Kier molecular flexibility index (Phi) is 101. The lowest BCUT2D eigenvalue weighted by Crippen LogP contribution is -2.36. The summed E-state index contributed by atoms with van der Waals surface area (Å²) >= 11 is 0. The molecule has 1 saturated heterocycles. The molecule has 1 fully saturated rings. The van der Waals surface area contributed by atoms with E-state index >= 15 is 0 Å². The smallest absolute Gasteiger partial charge is 0.362 e. The van der Waals surface area contributed by atoms with Crippen LogP contribution in [0.5, 0.6) is 0 Å². The van der Waals surface area contributed by atoms with E-state index < -0.39 is 36.0 Å². The van der Waals surface area contributed by atoms with Gasteiger partial charge in [0, 0.05) is 66.2 Å². The summed E-state index contributed by atoms with van der Waals surface area (Å²) < 4.78 is 64.0. The molecule has 0 aliphatic carbocycles. The molecule has 3 heterocycles. The van der Waals surface area contributed by atoms with Gasteiger partial charge in [-0.1, -0.05) is 216 Å². The summed E-state index contributed by atoms with van der Waals surface area (Å²) in [5.74, 6) is -1.32. The normalized spacial score (nSPS) is 10.1. The maximum absolute atomic E-state index is 11.5. The summed E-state index contributed by atoms with van der Waals surface area (Å²) in [7, 11) is -3.90. The fraction of sp³-hybridized carbons (Fsp3) is 0.575. The van der Waals surface area contributed by atoms with Crippen molar-refractivity contribution in [3.8, 4) is 11.1 Å². The van der Waals surface area contributed by atoms with E-state index in [2.05, 4.69) is 92.6 Å². The molecule has 0 unspecified atom stereocenters. The summed E-state index contributed by atoms with van der Waals surface area (Å²) in [4.78, 5) is 78.3. The van der Waals surface area contributed by atoms with Gasteiger partial charge in [0.25, 0.3) is 23.6 Å². The lowest BCUT2D eigenvalue weighted by atomic mass is 9.95. The van der Waals surface area contributed by atoms with Gasteiger partial charge in [-0.25, -0.2) is 19.2 Å². The number of hydrogen-bond donors (Lipinski definition) is 3. The molecule has 21 nitrogen and oxygen atoms in total. The summed E-state index contributed by atoms with van der Waals surface area (Å²) in [5, 5.41) is 0. The second kappa shape index (κ2) is 72.8. The van der Waals surface area contributed by atoms with Crippen LogP contribution in [0.1, 0.15) is 204 Å². The average Bonchev–Trinajstić information content (AvgIpc) is 3.42. The van der Waals surface area contributed by atoms with Crippen molar-refractivity contribution in [3.63, 3.8) is 0 Å². The molecule has 572 valence electrons. The minimum absolute atomic E-state index is 0. The van der Waals surface area contributed by atoms with Gasteiger partial charge in [-0.15, -0.1) is 0 Å². The quantitative estimate of drug-likeness (QED) is 0.0161. The predicted octanol–water partition coefficient (Wildman–Crippen LogP) is 17.4. The van der Waals surface area contributed by atoms with Crippen molar-refractivity contribution in [2.75, 3.05) is 66.3 Å². The van der Waals surface area contributed by atoms with Crippen LogP contribution >= 0.6 is 7.60 Å². The van der Waals surface area contributed by atoms with E-state index in [1.807, 2.05) is 74.0 Å². The van der Waals surface area contributed by atoms with Crippen LogP contribution in [0.3, 0.4) is 0 Å². The first-order chi connectivity index (χ1) is 37.7. The minimum atomic E-state index is -4.24. The third-order valence-corrected chi connectivity index (χ3v) is 11.3. The fourth-order valence-electron chi connectivity index (χ4n) is 5.66. The van der Waals surface area contributed by atoms with Crippen LogP contribution in [0, 0.1) is 11.8 Å². The van der Waals surface area contributed by atoms with Crippen LogP contribution in [-0.4, -0.2) is 134 Å². The molecule has 1 aliphatic rings. The SMILES string of the molecule is C.C.C.C.C.C.C.C.C.C.C.C.C.C.C.C=C(C)C(=O)OCN(C)CC.C=C(C)C(=O)OCN1CCC(CC)CC1.C=C(C)C(=O)OCP(=O)(O)O.C=C(C)C(=O)OC[n+]1ccc(-c2cc[n+](COC(=O)C(C)C)cc2)cc1.C=Cc1ccc(CN(C)CC)cc1.CS(=O)(=O)O. The standard InChI is InChI=1S/C20H24N2O4.C12H21NO2.C12H17N.C8H15NO2.C5H9O5P.CH4O3S.15CH4/c1-15(2)19(23)25-13-21-9-5-17(6-10-21)18-7-11-22(12-8-18)14-26-20(24)16(3)4;1-4-11-5-7-13(8-6-11)9-15-12(14)10(2)3;1-4-11-6-8-12(9-7-11)10-13(3)5-2;1-5-9(4)6-11-8(10)7(2)3;1-4(2)5(6)10-3-11(7,8)9;1-5(2,3)4;;;;;;;;;;;;;;;/h5-12,16H,1,13-14H2,2-4H3;11H,2,4-9H2,1,3H3;4,6-9H,1,5,10H2,2-3H3;2,5-6H2,1,3-4H3;1,3H2,2H3,(H2,7,8,9);1H3,(H,2,3,4);15*1H4/q+2;;;;;;;;;;;;;;;;;;;;. The molecule has 0 atom stereocenters. The van der Waals surface area contributed by atoms with Gasteiger partial charge in [0.15, 0.2) is 31.1 Å². The van der Waals surface area contributed by atoms with Crippen LogP contribution < -0.4 is 9.13 Å². The van der Waals surface area contributed by atoms with Crippen LogP contribution in [0.15, 0.2) is 129 Å². The Hall–Kier alpha value is -6.49. The number of benzene rings is 1. The van der Waals surface area contributed by atoms with Crippen molar-refractivity contribution in [1.82, 2.24) is 14.7 Å². The number of carbonyl (C=O) groups excluding carboxylic acids is 5. The lowest BCUT2D eigenvalue weighted by Gasteiger charge is -2.30. The number of esters is 5. The van der Waals surface area contributed by atoms with Crippen molar-refractivity contribution in [3.05, 3.63) is 140 Å². The van der Waals surface area contributed by atoms with E-state index in [1.54, 1.807) is 43.8 Å². The van der Waals surface area contributed by atoms with Crippen molar-refractivity contribution < 1.29 is 84.1 Å². The van der Waals surface area contributed by atoms with E-state index in [4.69, 9.17) is 33.3 Å². The highest BCUT2D eigenvalue weighted by Gasteiger charge is 2.19. The van der Waals surface area contributed by atoms with E-state index in [9.17, 15) is 37.0 Å². The predicted molar refractivity (Wildman–Crippen MR) is 413 cm³/mol. The van der Waals surface area contributed by atoms with E-state index in [-0.39, 0.29) is 154 Å². The van der Waals surface area contributed by atoms with E-state index in [0.29, 0.717) is 36.4 Å². The maximum atomic E-state index is 11.5. The van der Waals surface area contributed by atoms with E-state index in [1.165, 1.54) is 37.3 Å². The molecular weight excluding hydrogens is 1270 g/mol. The van der Waals surface area contributed by atoms with Gasteiger partial charge in [0.2, 0.25) is 0 Å². The molecular formula is C73H150N5O16PS+2. The first-order valence-electron chi connectivity index (χ1n) is 25.9. The van der Waals surface area contributed by atoms with Gasteiger partial charge in [-0.3, -0.25) is 23.7 Å². The van der Waals surface area contributed by atoms with Crippen LogP contribution in [0.4, 0.5) is 0 Å². The molecule has 3 aromatic rings. The van der Waals surface area contributed by atoms with Crippen LogP contribution in [-0.2, 0) is 82.3 Å². The molecule has 96 heavy (non-hydrogen) atoms. The molecule has 0 bridgehead atoms. The Morgan fingerprint density at radius 3 is 1.24 bits per heavy atom. The number of likely N-dealkylation sites (tertiary alicyclic amines) is 1. The Morgan fingerprint density at radius 1 is 0.594 bits per heavy atom. The third kappa shape index (κ3) is 71.8. The highest BCUT2D eigenvalue weighted by molar-refractivity contribution is 7.85. The van der Waals surface area contributed by atoms with Crippen molar-refractivity contribution in [2.45, 2.75) is 213 Å². The molecule has 4 rings (SSSR count). The van der Waals surface area contributed by atoms with Gasteiger partial charge < -0.3 is 38.4 Å². The zero-order valence-corrected chi connectivity index (χ0v) is 51.3. The Labute approximate surface area is 591 Å². The Balaban J connectivity index is -0.0000000530. The molecule has 0 spiro atoms. The topological polar surface area (TPSA) is 261 Å². The molecule has 1 aromatic carbocycles. The molecule has 1 aliphatic heterocycles. The van der Waals surface area contributed by atoms with Gasteiger partial charge in [0.05, 0.1) is 12.2 Å². The highest BCUT2D eigenvalue weighted by Crippen LogP contribution is 2.34. The van der Waals surface area contributed by atoms with E-state index in [0.717, 1.165) is 49.8 Å². The first-order valence-corrected chi connectivity index (χ1v) is 29.5. The average molecular weight is 1420 g/mol. The van der Waals surface area contributed by atoms with Gasteiger partial charge in [-0.2, -0.15) is 17.6 Å². The van der Waals surface area contributed by atoms with Crippen molar-refractivity contribution in [2.24, 2.45) is 11.8 Å². The zero-order chi connectivity index (χ0) is 62.5. The second-order valence-electron chi connectivity index (χ2n) is 19.1. The zero-order valence-electron chi connectivity index (χ0n) is 49.6. The number of ether oxygens (including phenoxy) is 5. The summed E-state index contributed by atoms with van der Waals surface area (Å²) in [5.41, 5.74) is 5.99. The number of carbonyl (C=O) groups is 5. The lowest BCUT2D eigenvalue weighted by molar-refractivity contribution is -0.728. The number of hydrogen-bond acceptors (Lipinski definition) is 16. The monoisotopic (exact) mass is 1420 g/mol. The van der Waals surface area contributed by atoms with Crippen LogP contribution in [0.2, 0.25) is 0 Å². The molecule has 3 N–H and O–H groups in total. The number of rotatable bonds is 22.